The third-order valence-corrected chi connectivity index (χ3v) is 4.75. The molecule has 2 heterocycles. The van der Waals surface area contributed by atoms with Gasteiger partial charge < -0.3 is 9.55 Å². The Bertz CT molecular complexity index is 946. The van der Waals surface area contributed by atoms with Crippen LogP contribution in [-0.2, 0) is 6.54 Å². The minimum atomic E-state index is 1.08. The smallest absolute Gasteiger partial charge is 0.0499 e. The van der Waals surface area contributed by atoms with Crippen molar-refractivity contribution in [1.29, 1.82) is 0 Å². The molecule has 106 valence electrons. The normalized spacial score (nSPS) is 11.9. The summed E-state index contributed by atoms with van der Waals surface area (Å²) in [4.78, 5) is 3.32. The molecule has 3 heteroatoms. The van der Waals surface area contributed by atoms with Crippen LogP contribution in [0.25, 0.3) is 32.7 Å². The summed E-state index contributed by atoms with van der Waals surface area (Å²) in [5.41, 5.74) is 3.87. The van der Waals surface area contributed by atoms with Gasteiger partial charge in [0.25, 0.3) is 0 Å². The quantitative estimate of drug-likeness (QED) is 0.483. The molecule has 4 aromatic rings. The van der Waals surface area contributed by atoms with Gasteiger partial charge in [0.05, 0.1) is 0 Å². The number of unbranched alkanes of at least 4 members (excludes halogenated alkanes) is 1. The first kappa shape index (κ1) is 13.0. The summed E-state index contributed by atoms with van der Waals surface area (Å²) in [5, 5.41) is 4.01. The Morgan fingerprint density at radius 2 is 1.90 bits per heavy atom. The monoisotopic (exact) mass is 340 g/mol. The minimum absolute atomic E-state index is 1.08. The van der Waals surface area contributed by atoms with E-state index in [0.717, 1.165) is 11.0 Å². The van der Waals surface area contributed by atoms with Crippen LogP contribution in [0, 0.1) is 0 Å². The molecule has 4 rings (SSSR count). The van der Waals surface area contributed by atoms with E-state index in [2.05, 4.69) is 68.8 Å². The van der Waals surface area contributed by atoms with Gasteiger partial charge in [0, 0.05) is 49.9 Å². The van der Waals surface area contributed by atoms with Crippen molar-refractivity contribution < 1.29 is 0 Å². The van der Waals surface area contributed by atoms with Gasteiger partial charge in [-0.3, -0.25) is 0 Å². The number of halogens is 1. The van der Waals surface area contributed by atoms with E-state index in [-0.39, 0.29) is 0 Å². The number of rotatable bonds is 3. The lowest BCUT2D eigenvalue weighted by Crippen LogP contribution is -1.96. The van der Waals surface area contributed by atoms with Crippen LogP contribution < -0.4 is 0 Å². The highest BCUT2D eigenvalue weighted by Crippen LogP contribution is 2.36. The number of aromatic amines is 1. The highest BCUT2D eigenvalue weighted by atomic mass is 79.9. The molecule has 0 spiro atoms. The Balaban J connectivity index is 2.18. The summed E-state index contributed by atoms with van der Waals surface area (Å²) in [6, 6.07) is 13.2. The van der Waals surface area contributed by atoms with Crippen molar-refractivity contribution in [3.63, 3.8) is 0 Å². The Morgan fingerprint density at radius 1 is 1.05 bits per heavy atom. The molecule has 0 bridgehead atoms. The fourth-order valence-corrected chi connectivity index (χ4v) is 3.62. The fraction of sp³-hybridized carbons (Fsp3) is 0.222. The fourth-order valence-electron chi connectivity index (χ4n) is 3.26. The van der Waals surface area contributed by atoms with Crippen LogP contribution in [0.15, 0.2) is 47.1 Å². The van der Waals surface area contributed by atoms with Crippen molar-refractivity contribution in [1.82, 2.24) is 9.55 Å². The topological polar surface area (TPSA) is 20.7 Å². The average molecular weight is 341 g/mol. The number of hydrogen-bond donors (Lipinski definition) is 1. The highest BCUT2D eigenvalue weighted by molar-refractivity contribution is 9.10. The number of fused-ring (bicyclic) bond motifs is 5. The third-order valence-electron chi connectivity index (χ3n) is 4.26. The highest BCUT2D eigenvalue weighted by Gasteiger charge is 2.13. The maximum absolute atomic E-state index is 3.62. The van der Waals surface area contributed by atoms with Gasteiger partial charge in [-0.05, 0) is 42.8 Å². The first-order chi connectivity index (χ1) is 10.3. The second-order valence-corrected chi connectivity index (χ2v) is 6.48. The van der Waals surface area contributed by atoms with Crippen molar-refractivity contribution in [2.24, 2.45) is 0 Å². The van der Waals surface area contributed by atoms with E-state index in [1.54, 1.807) is 0 Å². The lowest BCUT2D eigenvalue weighted by Gasteiger charge is -2.06. The van der Waals surface area contributed by atoms with Crippen LogP contribution in [0.2, 0.25) is 0 Å². The van der Waals surface area contributed by atoms with Gasteiger partial charge in [-0.25, -0.2) is 0 Å². The average Bonchev–Trinajstić information content (AvgIpc) is 3.06. The van der Waals surface area contributed by atoms with Crippen LogP contribution >= 0.6 is 15.9 Å². The molecule has 0 aliphatic rings. The van der Waals surface area contributed by atoms with Gasteiger partial charge in [0.15, 0.2) is 0 Å². The van der Waals surface area contributed by atoms with Crippen LogP contribution in [0.1, 0.15) is 19.8 Å². The summed E-state index contributed by atoms with van der Waals surface area (Å²) >= 11 is 3.62. The largest absolute Gasteiger partial charge is 0.361 e. The lowest BCUT2D eigenvalue weighted by atomic mass is 10.1. The molecule has 2 aromatic heterocycles. The molecule has 0 radical (unpaired) electrons. The molecule has 0 aliphatic carbocycles. The minimum Gasteiger partial charge on any atom is -0.361 e. The molecule has 2 nitrogen and oxygen atoms in total. The molecule has 1 N–H and O–H groups in total. The van der Waals surface area contributed by atoms with E-state index in [0.29, 0.717) is 0 Å². The Hall–Kier alpha value is -1.74. The molecule has 21 heavy (non-hydrogen) atoms. The number of benzene rings is 2. The zero-order valence-corrected chi connectivity index (χ0v) is 13.6. The van der Waals surface area contributed by atoms with E-state index < -0.39 is 0 Å². The SMILES string of the molecule is CCCCn1c2ccc(Br)cc2c2c3cc[nH]c3ccc21. The summed E-state index contributed by atoms with van der Waals surface area (Å²) in [6.45, 7) is 3.32. The van der Waals surface area contributed by atoms with Gasteiger partial charge in [0.2, 0.25) is 0 Å². The number of H-pyrrole nitrogens is 1. The predicted octanol–water partition coefficient (Wildman–Crippen LogP) is 5.84. The first-order valence-electron chi connectivity index (χ1n) is 7.47. The van der Waals surface area contributed by atoms with Crippen LogP contribution in [-0.4, -0.2) is 9.55 Å². The van der Waals surface area contributed by atoms with Crippen LogP contribution in [0.4, 0.5) is 0 Å². The maximum Gasteiger partial charge on any atom is 0.0499 e. The third kappa shape index (κ3) is 1.91. The number of nitrogens with zero attached hydrogens (tertiary/aromatic N) is 1. The first-order valence-corrected chi connectivity index (χ1v) is 8.26. The van der Waals surface area contributed by atoms with Gasteiger partial charge in [-0.1, -0.05) is 29.3 Å². The van der Waals surface area contributed by atoms with Gasteiger partial charge in [-0.2, -0.15) is 0 Å². The molecule has 0 saturated heterocycles. The molecular weight excluding hydrogens is 324 g/mol. The van der Waals surface area contributed by atoms with E-state index >= 15 is 0 Å². The summed E-state index contributed by atoms with van der Waals surface area (Å²) in [7, 11) is 0. The van der Waals surface area contributed by atoms with Gasteiger partial charge in [-0.15, -0.1) is 0 Å². The second kappa shape index (κ2) is 4.92. The van der Waals surface area contributed by atoms with E-state index in [1.807, 2.05) is 6.20 Å². The molecule has 0 unspecified atom stereocenters. The van der Waals surface area contributed by atoms with E-state index in [9.17, 15) is 0 Å². The zero-order chi connectivity index (χ0) is 14.4. The molecule has 2 aromatic carbocycles. The van der Waals surface area contributed by atoms with Crippen molar-refractivity contribution in [2.45, 2.75) is 26.3 Å². The van der Waals surface area contributed by atoms with E-state index in [1.165, 1.54) is 45.6 Å². The number of aromatic nitrogens is 2. The lowest BCUT2D eigenvalue weighted by molar-refractivity contribution is 0.665. The summed E-state index contributed by atoms with van der Waals surface area (Å²) < 4.78 is 3.60. The molecular formula is C18H17BrN2. The summed E-state index contributed by atoms with van der Waals surface area (Å²) in [6.07, 6.45) is 4.45. The van der Waals surface area contributed by atoms with Crippen molar-refractivity contribution in [2.75, 3.05) is 0 Å². The van der Waals surface area contributed by atoms with Crippen molar-refractivity contribution in [3.05, 3.63) is 47.1 Å². The Kier molecular flexibility index (Phi) is 3.03. The Labute approximate surface area is 131 Å². The molecule has 0 aliphatic heterocycles. The number of nitrogens with one attached hydrogen (secondary N) is 1. The number of aryl methyl sites for hydroxylation is 1. The van der Waals surface area contributed by atoms with Crippen molar-refractivity contribution >= 4 is 48.6 Å². The van der Waals surface area contributed by atoms with Crippen LogP contribution in [0.3, 0.4) is 0 Å². The van der Waals surface area contributed by atoms with Crippen LogP contribution in [0.5, 0.6) is 0 Å². The number of hydrogen-bond acceptors (Lipinski definition) is 0. The summed E-state index contributed by atoms with van der Waals surface area (Å²) in [5.74, 6) is 0. The van der Waals surface area contributed by atoms with Gasteiger partial charge >= 0.3 is 0 Å². The molecule has 0 amide bonds. The van der Waals surface area contributed by atoms with E-state index in [4.69, 9.17) is 0 Å². The molecule has 0 atom stereocenters. The van der Waals surface area contributed by atoms with Crippen molar-refractivity contribution in [3.8, 4) is 0 Å². The Morgan fingerprint density at radius 3 is 2.76 bits per heavy atom. The molecule has 0 saturated carbocycles. The van der Waals surface area contributed by atoms with Gasteiger partial charge in [0.1, 0.15) is 0 Å². The standard InChI is InChI=1S/C18H17BrN2/c1-2-3-10-21-16-6-4-12(19)11-14(16)18-13-8-9-20-15(13)5-7-17(18)21/h4-9,11,20H,2-3,10H2,1H3. The second-order valence-electron chi connectivity index (χ2n) is 5.57. The predicted molar refractivity (Wildman–Crippen MR) is 93.9 cm³/mol. The zero-order valence-electron chi connectivity index (χ0n) is 12.0. The maximum atomic E-state index is 3.62. The molecule has 0 fully saturated rings.